The van der Waals surface area contributed by atoms with E-state index >= 15 is 0 Å². The highest BCUT2D eigenvalue weighted by molar-refractivity contribution is 5.91. The van der Waals surface area contributed by atoms with Gasteiger partial charge in [-0.15, -0.1) is 0 Å². The molecule has 0 aliphatic carbocycles. The second-order valence-corrected chi connectivity index (χ2v) is 4.84. The highest BCUT2D eigenvalue weighted by atomic mass is 16.5. The van der Waals surface area contributed by atoms with Gasteiger partial charge in [-0.05, 0) is 24.6 Å². The van der Waals surface area contributed by atoms with Gasteiger partial charge in [0.25, 0.3) is 0 Å². The Bertz CT molecular complexity index is 425. The molecule has 1 heterocycles. The van der Waals surface area contributed by atoms with Crippen molar-refractivity contribution in [3.05, 3.63) is 42.0 Å². The van der Waals surface area contributed by atoms with Gasteiger partial charge in [0, 0.05) is 25.7 Å². The van der Waals surface area contributed by atoms with Crippen LogP contribution in [0.1, 0.15) is 12.0 Å². The van der Waals surface area contributed by atoms with E-state index in [0.717, 1.165) is 51.4 Å². The summed E-state index contributed by atoms with van der Waals surface area (Å²) in [5, 5.41) is 2.91. The van der Waals surface area contributed by atoms with Crippen molar-refractivity contribution < 1.29 is 9.53 Å². The first-order valence-corrected chi connectivity index (χ1v) is 7.16. The van der Waals surface area contributed by atoms with E-state index in [2.05, 4.69) is 10.2 Å². The van der Waals surface area contributed by atoms with Crippen LogP contribution in [-0.2, 0) is 9.53 Å². The lowest BCUT2D eigenvalue weighted by atomic mass is 10.2. The predicted molar refractivity (Wildman–Crippen MR) is 80.4 cm³/mol. The smallest absolute Gasteiger partial charge is 0.243 e. The Kier molecular flexibility index (Phi) is 6.27. The molecular formula is C16H22N2O2. The number of nitrogens with zero attached hydrogens (tertiary/aromatic N) is 1. The summed E-state index contributed by atoms with van der Waals surface area (Å²) in [5.41, 5.74) is 1.04. The van der Waals surface area contributed by atoms with E-state index in [4.69, 9.17) is 4.74 Å². The van der Waals surface area contributed by atoms with E-state index < -0.39 is 0 Å². The molecule has 1 aromatic rings. The van der Waals surface area contributed by atoms with Gasteiger partial charge in [0.15, 0.2) is 0 Å². The van der Waals surface area contributed by atoms with Crippen LogP contribution in [0.2, 0.25) is 0 Å². The van der Waals surface area contributed by atoms with Crippen molar-refractivity contribution in [2.24, 2.45) is 0 Å². The Hall–Kier alpha value is -1.65. The zero-order chi connectivity index (χ0) is 14.0. The molecule has 1 amide bonds. The molecule has 0 bridgehead atoms. The summed E-state index contributed by atoms with van der Waals surface area (Å²) < 4.78 is 5.30. The Labute approximate surface area is 120 Å². The average Bonchev–Trinajstić information content (AvgIpc) is 2.52. The van der Waals surface area contributed by atoms with Gasteiger partial charge in [-0.2, -0.15) is 0 Å². The zero-order valence-corrected chi connectivity index (χ0v) is 11.8. The highest BCUT2D eigenvalue weighted by Crippen LogP contribution is 2.00. The fourth-order valence-electron chi connectivity index (χ4n) is 2.13. The molecule has 4 heteroatoms. The largest absolute Gasteiger partial charge is 0.379 e. The van der Waals surface area contributed by atoms with Crippen LogP contribution in [0.25, 0.3) is 6.08 Å². The van der Waals surface area contributed by atoms with E-state index in [0.29, 0.717) is 0 Å². The molecule has 108 valence electrons. The standard InChI is InChI=1S/C16H22N2O2/c19-16(8-7-15-5-2-1-3-6-15)17-9-4-10-18-11-13-20-14-12-18/h1-3,5-8H,4,9-14H2,(H,17,19). The molecule has 0 spiro atoms. The van der Waals surface area contributed by atoms with Crippen molar-refractivity contribution in [1.29, 1.82) is 0 Å². The lowest BCUT2D eigenvalue weighted by molar-refractivity contribution is -0.116. The molecule has 0 atom stereocenters. The summed E-state index contributed by atoms with van der Waals surface area (Å²) in [6.07, 6.45) is 4.40. The summed E-state index contributed by atoms with van der Waals surface area (Å²) in [6, 6.07) is 9.83. The van der Waals surface area contributed by atoms with Gasteiger partial charge in [0.1, 0.15) is 0 Å². The fourth-order valence-corrected chi connectivity index (χ4v) is 2.13. The number of carbonyl (C=O) groups is 1. The lowest BCUT2D eigenvalue weighted by Crippen LogP contribution is -2.38. The molecule has 1 aromatic carbocycles. The van der Waals surface area contributed by atoms with E-state index in [1.54, 1.807) is 6.08 Å². The predicted octanol–water partition coefficient (Wildman–Crippen LogP) is 1.54. The first kappa shape index (κ1) is 14.8. The summed E-state index contributed by atoms with van der Waals surface area (Å²) in [4.78, 5) is 14.0. The van der Waals surface area contributed by atoms with Crippen LogP contribution >= 0.6 is 0 Å². The van der Waals surface area contributed by atoms with Crippen molar-refractivity contribution >= 4 is 12.0 Å². The van der Waals surface area contributed by atoms with Gasteiger partial charge in [-0.1, -0.05) is 30.3 Å². The molecule has 1 aliphatic rings. The van der Waals surface area contributed by atoms with Gasteiger partial charge < -0.3 is 10.1 Å². The third-order valence-electron chi connectivity index (χ3n) is 3.28. The number of carbonyl (C=O) groups excluding carboxylic acids is 1. The number of amides is 1. The molecule has 1 N–H and O–H groups in total. The normalized spacial score (nSPS) is 16.4. The number of ether oxygens (including phenoxy) is 1. The van der Waals surface area contributed by atoms with Gasteiger partial charge >= 0.3 is 0 Å². The first-order chi connectivity index (χ1) is 9.84. The number of hydrogen-bond donors (Lipinski definition) is 1. The fraction of sp³-hybridized carbons (Fsp3) is 0.438. The van der Waals surface area contributed by atoms with Crippen molar-refractivity contribution in [2.45, 2.75) is 6.42 Å². The van der Waals surface area contributed by atoms with Crippen LogP contribution in [0.3, 0.4) is 0 Å². The quantitative estimate of drug-likeness (QED) is 0.632. The molecular weight excluding hydrogens is 252 g/mol. The van der Waals surface area contributed by atoms with Gasteiger partial charge in [0.2, 0.25) is 5.91 Å². The molecule has 2 rings (SSSR count). The average molecular weight is 274 g/mol. The lowest BCUT2D eigenvalue weighted by Gasteiger charge is -2.26. The maximum Gasteiger partial charge on any atom is 0.243 e. The van der Waals surface area contributed by atoms with Crippen molar-refractivity contribution in [3.63, 3.8) is 0 Å². The molecule has 0 unspecified atom stereocenters. The van der Waals surface area contributed by atoms with E-state index in [9.17, 15) is 4.79 Å². The zero-order valence-electron chi connectivity index (χ0n) is 11.8. The van der Waals surface area contributed by atoms with Crippen molar-refractivity contribution in [2.75, 3.05) is 39.4 Å². The molecule has 4 nitrogen and oxygen atoms in total. The second kappa shape index (κ2) is 8.51. The van der Waals surface area contributed by atoms with Crippen molar-refractivity contribution in [1.82, 2.24) is 10.2 Å². The highest BCUT2D eigenvalue weighted by Gasteiger charge is 2.09. The Morgan fingerprint density at radius 2 is 2.00 bits per heavy atom. The second-order valence-electron chi connectivity index (χ2n) is 4.84. The van der Waals surface area contributed by atoms with E-state index in [1.807, 2.05) is 36.4 Å². The molecule has 1 fully saturated rings. The third-order valence-corrected chi connectivity index (χ3v) is 3.28. The summed E-state index contributed by atoms with van der Waals surface area (Å²) >= 11 is 0. The van der Waals surface area contributed by atoms with Gasteiger partial charge in [-0.25, -0.2) is 0 Å². The van der Waals surface area contributed by atoms with Crippen LogP contribution in [0, 0.1) is 0 Å². The minimum Gasteiger partial charge on any atom is -0.379 e. The van der Waals surface area contributed by atoms with Crippen LogP contribution in [-0.4, -0.2) is 50.2 Å². The van der Waals surface area contributed by atoms with Crippen LogP contribution in [0.5, 0.6) is 0 Å². The van der Waals surface area contributed by atoms with Gasteiger partial charge in [0.05, 0.1) is 13.2 Å². The Balaban J connectivity index is 1.59. The van der Waals surface area contributed by atoms with Crippen LogP contribution < -0.4 is 5.32 Å². The van der Waals surface area contributed by atoms with Crippen molar-refractivity contribution in [3.8, 4) is 0 Å². The molecule has 0 aromatic heterocycles. The molecule has 1 saturated heterocycles. The first-order valence-electron chi connectivity index (χ1n) is 7.16. The number of morpholine rings is 1. The topological polar surface area (TPSA) is 41.6 Å². The van der Waals surface area contributed by atoms with Crippen LogP contribution in [0.15, 0.2) is 36.4 Å². The Morgan fingerprint density at radius 3 is 2.75 bits per heavy atom. The number of hydrogen-bond acceptors (Lipinski definition) is 3. The maximum absolute atomic E-state index is 11.6. The monoisotopic (exact) mass is 274 g/mol. The summed E-state index contributed by atoms with van der Waals surface area (Å²) in [5.74, 6) is -0.0316. The molecule has 20 heavy (non-hydrogen) atoms. The number of benzene rings is 1. The van der Waals surface area contributed by atoms with Gasteiger partial charge in [-0.3, -0.25) is 9.69 Å². The minimum atomic E-state index is -0.0316. The number of nitrogens with one attached hydrogen (secondary N) is 1. The van der Waals surface area contributed by atoms with E-state index in [1.165, 1.54) is 0 Å². The maximum atomic E-state index is 11.6. The summed E-state index contributed by atoms with van der Waals surface area (Å²) in [7, 11) is 0. The summed E-state index contributed by atoms with van der Waals surface area (Å²) in [6.45, 7) is 5.39. The SMILES string of the molecule is O=C(C=Cc1ccccc1)NCCCN1CCOCC1. The number of rotatable bonds is 6. The van der Waals surface area contributed by atoms with Crippen LogP contribution in [0.4, 0.5) is 0 Å². The molecule has 1 aliphatic heterocycles. The van der Waals surface area contributed by atoms with E-state index in [-0.39, 0.29) is 5.91 Å². The Morgan fingerprint density at radius 1 is 1.25 bits per heavy atom. The minimum absolute atomic E-state index is 0.0316. The molecule has 0 radical (unpaired) electrons. The third kappa shape index (κ3) is 5.55. The molecule has 0 saturated carbocycles.